The summed E-state index contributed by atoms with van der Waals surface area (Å²) in [7, 11) is 0. The van der Waals surface area contributed by atoms with Crippen molar-refractivity contribution in [1.29, 1.82) is 0 Å². The van der Waals surface area contributed by atoms with E-state index in [-0.39, 0.29) is 12.6 Å². The van der Waals surface area contributed by atoms with E-state index in [2.05, 4.69) is 24.5 Å². The molecule has 3 N–H and O–H groups in total. The summed E-state index contributed by atoms with van der Waals surface area (Å²) >= 11 is 0. The largest absolute Gasteiger partial charge is 0.396 e. The van der Waals surface area contributed by atoms with Crippen LogP contribution in [0.25, 0.3) is 0 Å². The highest BCUT2D eigenvalue weighted by molar-refractivity contribution is 5.73. The average molecular weight is 256 g/mol. The average Bonchev–Trinajstić information content (AvgIpc) is 2.75. The molecule has 2 amide bonds. The first-order valence-corrected chi connectivity index (χ1v) is 7.20. The van der Waals surface area contributed by atoms with E-state index in [1.54, 1.807) is 0 Å². The Labute approximate surface area is 111 Å². The van der Waals surface area contributed by atoms with Crippen molar-refractivity contribution in [3.8, 4) is 0 Å². The standard InChI is InChI=1S/C14H28N2O2/c1-12(2)10-14(6-3-4-7-14)11-16-13(18)15-8-5-9-17/h12,17H,3-11H2,1-2H3,(H2,15,16,18). The molecule has 106 valence electrons. The van der Waals surface area contributed by atoms with E-state index >= 15 is 0 Å². The van der Waals surface area contributed by atoms with Crippen LogP contribution in [0.2, 0.25) is 0 Å². The van der Waals surface area contributed by atoms with Crippen molar-refractivity contribution in [1.82, 2.24) is 10.6 Å². The van der Waals surface area contributed by atoms with Crippen molar-refractivity contribution >= 4 is 6.03 Å². The zero-order chi connectivity index (χ0) is 13.4. The molecule has 1 rings (SSSR count). The molecule has 18 heavy (non-hydrogen) atoms. The van der Waals surface area contributed by atoms with Gasteiger partial charge in [-0.15, -0.1) is 0 Å². The fourth-order valence-corrected chi connectivity index (χ4v) is 3.06. The number of carbonyl (C=O) groups is 1. The lowest BCUT2D eigenvalue weighted by Crippen LogP contribution is -2.42. The summed E-state index contributed by atoms with van der Waals surface area (Å²) in [6.07, 6.45) is 6.87. The molecule has 0 atom stereocenters. The summed E-state index contributed by atoms with van der Waals surface area (Å²) in [5, 5.41) is 14.4. The molecule has 1 fully saturated rings. The van der Waals surface area contributed by atoms with E-state index in [4.69, 9.17) is 5.11 Å². The predicted octanol–water partition coefficient (Wildman–Crippen LogP) is 2.27. The Morgan fingerprint density at radius 1 is 1.28 bits per heavy atom. The van der Waals surface area contributed by atoms with Crippen LogP contribution in [-0.4, -0.2) is 30.8 Å². The van der Waals surface area contributed by atoms with Crippen molar-refractivity contribution in [2.24, 2.45) is 11.3 Å². The van der Waals surface area contributed by atoms with Crippen LogP contribution in [0.1, 0.15) is 52.4 Å². The molecule has 0 unspecified atom stereocenters. The highest BCUT2D eigenvalue weighted by atomic mass is 16.3. The topological polar surface area (TPSA) is 61.4 Å². The van der Waals surface area contributed by atoms with Gasteiger partial charge in [-0.05, 0) is 37.0 Å². The molecule has 0 radical (unpaired) electrons. The predicted molar refractivity (Wildman–Crippen MR) is 73.5 cm³/mol. The zero-order valence-corrected chi connectivity index (χ0v) is 11.8. The van der Waals surface area contributed by atoms with Crippen LogP contribution in [0.5, 0.6) is 0 Å². The number of rotatable bonds is 7. The van der Waals surface area contributed by atoms with Crippen LogP contribution in [0.3, 0.4) is 0 Å². The first-order valence-electron chi connectivity index (χ1n) is 7.20. The Hall–Kier alpha value is -0.770. The monoisotopic (exact) mass is 256 g/mol. The molecule has 0 aromatic heterocycles. The zero-order valence-electron chi connectivity index (χ0n) is 11.8. The van der Waals surface area contributed by atoms with E-state index in [0.717, 1.165) is 6.54 Å². The Balaban J connectivity index is 2.31. The van der Waals surface area contributed by atoms with Crippen molar-refractivity contribution in [3.63, 3.8) is 0 Å². The van der Waals surface area contributed by atoms with E-state index in [1.807, 2.05) is 0 Å². The van der Waals surface area contributed by atoms with E-state index in [0.29, 0.717) is 24.3 Å². The SMILES string of the molecule is CC(C)CC1(CNC(=O)NCCCO)CCCC1. The van der Waals surface area contributed by atoms with Gasteiger partial charge in [-0.1, -0.05) is 26.7 Å². The van der Waals surface area contributed by atoms with Gasteiger partial charge in [-0.25, -0.2) is 4.79 Å². The molecule has 4 nitrogen and oxygen atoms in total. The molecule has 1 aliphatic rings. The highest BCUT2D eigenvalue weighted by Gasteiger charge is 2.34. The van der Waals surface area contributed by atoms with Crippen LogP contribution >= 0.6 is 0 Å². The molecule has 0 aromatic rings. The van der Waals surface area contributed by atoms with E-state index in [9.17, 15) is 4.79 Å². The van der Waals surface area contributed by atoms with Gasteiger partial charge in [0.05, 0.1) is 0 Å². The van der Waals surface area contributed by atoms with Crippen LogP contribution in [0.15, 0.2) is 0 Å². The third-order valence-electron chi connectivity index (χ3n) is 3.75. The molecule has 0 bridgehead atoms. The van der Waals surface area contributed by atoms with Gasteiger partial charge in [0.15, 0.2) is 0 Å². The molecule has 4 heteroatoms. The van der Waals surface area contributed by atoms with Gasteiger partial charge in [0.25, 0.3) is 0 Å². The Morgan fingerprint density at radius 3 is 2.50 bits per heavy atom. The smallest absolute Gasteiger partial charge is 0.314 e. The molecule has 0 aromatic carbocycles. The second kappa shape index (κ2) is 7.62. The summed E-state index contributed by atoms with van der Waals surface area (Å²) in [5.74, 6) is 0.683. The molecule has 1 aliphatic carbocycles. The van der Waals surface area contributed by atoms with Crippen molar-refractivity contribution in [2.45, 2.75) is 52.4 Å². The fraction of sp³-hybridized carbons (Fsp3) is 0.929. The lowest BCUT2D eigenvalue weighted by atomic mass is 9.78. The molecule has 0 heterocycles. The van der Waals surface area contributed by atoms with Gasteiger partial charge in [-0.3, -0.25) is 0 Å². The maximum absolute atomic E-state index is 11.6. The molecule has 0 saturated heterocycles. The molecule has 0 spiro atoms. The van der Waals surface area contributed by atoms with Gasteiger partial charge in [-0.2, -0.15) is 0 Å². The maximum atomic E-state index is 11.6. The number of hydrogen-bond acceptors (Lipinski definition) is 2. The Kier molecular flexibility index (Phi) is 6.47. The number of hydrogen-bond donors (Lipinski definition) is 3. The Morgan fingerprint density at radius 2 is 1.94 bits per heavy atom. The summed E-state index contributed by atoms with van der Waals surface area (Å²) in [6, 6.07) is -0.0986. The van der Waals surface area contributed by atoms with Gasteiger partial charge in [0.2, 0.25) is 0 Å². The minimum Gasteiger partial charge on any atom is -0.396 e. The first kappa shape index (κ1) is 15.3. The first-order chi connectivity index (χ1) is 8.58. The quantitative estimate of drug-likeness (QED) is 0.612. The normalized spacial score (nSPS) is 18.0. The van der Waals surface area contributed by atoms with E-state index < -0.39 is 0 Å². The second-order valence-electron chi connectivity index (χ2n) is 5.99. The van der Waals surface area contributed by atoms with Crippen LogP contribution in [-0.2, 0) is 0 Å². The van der Waals surface area contributed by atoms with Gasteiger partial charge in [0, 0.05) is 19.7 Å². The third kappa shape index (κ3) is 5.25. The lowest BCUT2D eigenvalue weighted by molar-refractivity contribution is 0.208. The van der Waals surface area contributed by atoms with Crippen molar-refractivity contribution < 1.29 is 9.90 Å². The Bertz CT molecular complexity index is 248. The third-order valence-corrected chi connectivity index (χ3v) is 3.75. The summed E-state index contributed by atoms with van der Waals surface area (Å²) < 4.78 is 0. The van der Waals surface area contributed by atoms with Crippen LogP contribution < -0.4 is 10.6 Å². The summed E-state index contributed by atoms with van der Waals surface area (Å²) in [5.41, 5.74) is 0.322. The lowest BCUT2D eigenvalue weighted by Gasteiger charge is -2.31. The molecule has 0 aliphatic heterocycles. The number of nitrogens with one attached hydrogen (secondary N) is 2. The van der Waals surface area contributed by atoms with Crippen molar-refractivity contribution in [2.75, 3.05) is 19.7 Å². The highest BCUT2D eigenvalue weighted by Crippen LogP contribution is 2.42. The number of carbonyl (C=O) groups excluding carboxylic acids is 1. The van der Waals surface area contributed by atoms with Gasteiger partial charge < -0.3 is 15.7 Å². The maximum Gasteiger partial charge on any atom is 0.314 e. The van der Waals surface area contributed by atoms with Crippen LogP contribution in [0, 0.1) is 11.3 Å². The number of amides is 2. The number of aliphatic hydroxyl groups is 1. The molecule has 1 saturated carbocycles. The summed E-state index contributed by atoms with van der Waals surface area (Å²) in [6.45, 7) is 5.95. The minimum atomic E-state index is -0.0986. The van der Waals surface area contributed by atoms with E-state index in [1.165, 1.54) is 32.1 Å². The molecular formula is C14H28N2O2. The summed E-state index contributed by atoms with van der Waals surface area (Å²) in [4.78, 5) is 11.6. The van der Waals surface area contributed by atoms with Crippen LogP contribution in [0.4, 0.5) is 4.79 Å². The van der Waals surface area contributed by atoms with Crippen molar-refractivity contribution in [3.05, 3.63) is 0 Å². The minimum absolute atomic E-state index is 0.0986. The number of urea groups is 1. The molecular weight excluding hydrogens is 228 g/mol. The fourth-order valence-electron chi connectivity index (χ4n) is 3.06. The van der Waals surface area contributed by atoms with Gasteiger partial charge >= 0.3 is 6.03 Å². The second-order valence-corrected chi connectivity index (χ2v) is 5.99. The van der Waals surface area contributed by atoms with Gasteiger partial charge in [0.1, 0.15) is 0 Å². The number of aliphatic hydroxyl groups excluding tert-OH is 1.